The highest BCUT2D eigenvalue weighted by Crippen LogP contribution is 2.39. The highest BCUT2D eigenvalue weighted by atomic mass is 16.6. The van der Waals surface area contributed by atoms with E-state index < -0.39 is 0 Å². The lowest BCUT2D eigenvalue weighted by molar-refractivity contribution is 0.0972. The molecule has 1 atom stereocenters. The number of hydrogen-bond acceptors (Lipinski definition) is 5. The number of rotatable bonds is 5. The lowest BCUT2D eigenvalue weighted by Gasteiger charge is -2.41. The summed E-state index contributed by atoms with van der Waals surface area (Å²) < 4.78 is 10.6. The van der Waals surface area contributed by atoms with Crippen molar-refractivity contribution in [3.05, 3.63) is 40.8 Å². The van der Waals surface area contributed by atoms with Crippen LogP contribution in [0, 0.1) is 13.8 Å². The Morgan fingerprint density at radius 1 is 1.14 bits per heavy atom. The van der Waals surface area contributed by atoms with Gasteiger partial charge in [-0.15, -0.1) is 0 Å². The summed E-state index contributed by atoms with van der Waals surface area (Å²) in [4.78, 5) is 29.4. The Labute approximate surface area is 171 Å². The molecule has 2 heterocycles. The zero-order chi connectivity index (χ0) is 21.1. The molecule has 2 aromatic rings. The smallest absolute Gasteiger partial charge is 0.414 e. The summed E-state index contributed by atoms with van der Waals surface area (Å²) in [5.41, 5.74) is 3.77. The van der Waals surface area contributed by atoms with Crippen LogP contribution in [0.5, 0.6) is 0 Å². The van der Waals surface area contributed by atoms with Crippen LogP contribution in [0.2, 0.25) is 0 Å². The van der Waals surface area contributed by atoms with Crippen molar-refractivity contribution >= 4 is 23.4 Å². The van der Waals surface area contributed by atoms with Gasteiger partial charge in [0.1, 0.15) is 5.76 Å². The summed E-state index contributed by atoms with van der Waals surface area (Å²) in [6.07, 6.45) is 1.96. The van der Waals surface area contributed by atoms with Crippen LogP contribution >= 0.6 is 0 Å². The minimum atomic E-state index is -0.386. The maximum atomic E-state index is 13.3. The van der Waals surface area contributed by atoms with E-state index in [0.29, 0.717) is 36.7 Å². The molecular formula is C22H29N3O4. The third kappa shape index (κ3) is 3.99. The van der Waals surface area contributed by atoms with Gasteiger partial charge in [0.15, 0.2) is 5.69 Å². The van der Waals surface area contributed by atoms with E-state index >= 15 is 0 Å². The Morgan fingerprint density at radius 2 is 1.83 bits per heavy atom. The van der Waals surface area contributed by atoms with Gasteiger partial charge in [-0.3, -0.25) is 9.69 Å². The van der Waals surface area contributed by atoms with E-state index in [4.69, 9.17) is 9.26 Å². The largest absolute Gasteiger partial charge is 0.449 e. The van der Waals surface area contributed by atoms with Gasteiger partial charge in [-0.25, -0.2) is 4.79 Å². The topological polar surface area (TPSA) is 75.9 Å². The van der Waals surface area contributed by atoms with Crippen molar-refractivity contribution in [2.24, 2.45) is 0 Å². The molecule has 0 fully saturated rings. The highest BCUT2D eigenvalue weighted by molar-refractivity contribution is 6.09. The summed E-state index contributed by atoms with van der Waals surface area (Å²) >= 11 is 0. The Balaban J connectivity index is 2.06. The summed E-state index contributed by atoms with van der Waals surface area (Å²) in [6, 6.07) is 5.43. The number of amides is 2. The predicted octanol–water partition coefficient (Wildman–Crippen LogP) is 4.65. The first-order valence-electron chi connectivity index (χ1n) is 10.3. The second-order valence-corrected chi connectivity index (χ2v) is 7.40. The van der Waals surface area contributed by atoms with Crippen molar-refractivity contribution in [2.75, 3.05) is 23.0 Å². The predicted molar refractivity (Wildman–Crippen MR) is 112 cm³/mol. The van der Waals surface area contributed by atoms with E-state index in [1.54, 1.807) is 22.8 Å². The molecule has 1 aliphatic heterocycles. The quantitative estimate of drug-likeness (QED) is 0.732. The van der Waals surface area contributed by atoms with Crippen LogP contribution < -0.4 is 9.80 Å². The van der Waals surface area contributed by atoms with Gasteiger partial charge in [0.05, 0.1) is 24.0 Å². The van der Waals surface area contributed by atoms with Crippen LogP contribution in [0.3, 0.4) is 0 Å². The van der Waals surface area contributed by atoms with Crippen LogP contribution in [0.1, 0.15) is 61.0 Å². The second-order valence-electron chi connectivity index (χ2n) is 7.40. The zero-order valence-electron chi connectivity index (χ0n) is 17.8. The van der Waals surface area contributed by atoms with Crippen molar-refractivity contribution < 1.29 is 18.8 Å². The van der Waals surface area contributed by atoms with Gasteiger partial charge in [-0.05, 0) is 56.9 Å². The third-order valence-corrected chi connectivity index (χ3v) is 5.36. The van der Waals surface area contributed by atoms with Crippen molar-refractivity contribution in [1.82, 2.24) is 5.16 Å². The lowest BCUT2D eigenvalue weighted by Crippen LogP contribution is -2.53. The minimum Gasteiger partial charge on any atom is -0.449 e. The lowest BCUT2D eigenvalue weighted by atomic mass is 10.00. The molecule has 1 aromatic heterocycles. The van der Waals surface area contributed by atoms with Crippen molar-refractivity contribution in [3.8, 4) is 0 Å². The summed E-state index contributed by atoms with van der Waals surface area (Å²) in [5, 5.41) is 3.99. The molecule has 29 heavy (non-hydrogen) atoms. The molecule has 2 amide bonds. The first-order valence-corrected chi connectivity index (χ1v) is 10.3. The van der Waals surface area contributed by atoms with Crippen LogP contribution in [0.25, 0.3) is 0 Å². The number of carbonyl (C=O) groups excluding carboxylic acids is 2. The molecule has 0 aliphatic carbocycles. The fourth-order valence-electron chi connectivity index (χ4n) is 3.64. The first kappa shape index (κ1) is 20.9. The number of anilines is 2. The van der Waals surface area contributed by atoms with Crippen LogP contribution in [-0.2, 0) is 11.2 Å². The van der Waals surface area contributed by atoms with E-state index in [2.05, 4.69) is 5.16 Å². The number of aromatic nitrogens is 1. The van der Waals surface area contributed by atoms with Crippen molar-refractivity contribution in [2.45, 2.75) is 59.9 Å². The number of fused-ring (bicyclic) bond motifs is 1. The Kier molecular flexibility index (Phi) is 6.25. The number of aryl methyl sites for hydroxylation is 3. The van der Waals surface area contributed by atoms with E-state index in [1.165, 1.54) is 0 Å². The molecule has 1 aliphatic rings. The van der Waals surface area contributed by atoms with Gasteiger partial charge >= 0.3 is 6.09 Å². The Bertz CT molecular complexity index is 905. The summed E-state index contributed by atoms with van der Waals surface area (Å²) in [6.45, 7) is 10.5. The maximum Gasteiger partial charge on any atom is 0.414 e. The van der Waals surface area contributed by atoms with Crippen LogP contribution in [0.15, 0.2) is 22.7 Å². The molecule has 0 radical (unpaired) electrons. The van der Waals surface area contributed by atoms with E-state index in [9.17, 15) is 9.59 Å². The molecule has 1 aromatic carbocycles. The monoisotopic (exact) mass is 399 g/mol. The van der Waals surface area contributed by atoms with E-state index in [1.807, 2.05) is 39.8 Å². The normalized spacial score (nSPS) is 16.0. The fourth-order valence-corrected chi connectivity index (χ4v) is 3.64. The standard InChI is InChI=1S/C22H29N3O4/c1-6-9-17-12-18(23-29-17)21(26)24-13-16(7-2)25(22(27)28-8-3)20-11-15(5)14(4)10-19(20)24/h10-12,16H,6-9,13H2,1-5H3. The van der Waals surface area contributed by atoms with Crippen molar-refractivity contribution in [3.63, 3.8) is 0 Å². The molecule has 0 saturated heterocycles. The molecular weight excluding hydrogens is 370 g/mol. The second kappa shape index (κ2) is 8.68. The number of nitrogens with zero attached hydrogens (tertiary/aromatic N) is 3. The molecule has 0 saturated carbocycles. The third-order valence-electron chi connectivity index (χ3n) is 5.36. The molecule has 1 unspecified atom stereocenters. The van der Waals surface area contributed by atoms with Gasteiger partial charge < -0.3 is 14.2 Å². The highest BCUT2D eigenvalue weighted by Gasteiger charge is 2.38. The fraction of sp³-hybridized carbons (Fsp3) is 0.500. The van der Waals surface area contributed by atoms with Crippen LogP contribution in [-0.4, -0.2) is 36.4 Å². The van der Waals surface area contributed by atoms with E-state index in [-0.39, 0.29) is 23.7 Å². The van der Waals surface area contributed by atoms with Gasteiger partial charge in [0, 0.05) is 19.0 Å². The van der Waals surface area contributed by atoms with Crippen molar-refractivity contribution in [1.29, 1.82) is 0 Å². The number of benzene rings is 1. The van der Waals surface area contributed by atoms with Gasteiger partial charge in [-0.1, -0.05) is 19.0 Å². The molecule has 0 spiro atoms. The van der Waals surface area contributed by atoms with Crippen LogP contribution in [0.4, 0.5) is 16.2 Å². The molecule has 7 heteroatoms. The van der Waals surface area contributed by atoms with Gasteiger partial charge in [0.2, 0.25) is 0 Å². The average Bonchev–Trinajstić information content (AvgIpc) is 3.16. The van der Waals surface area contributed by atoms with Gasteiger partial charge in [-0.2, -0.15) is 0 Å². The SMILES string of the molecule is CCCc1cc(C(=O)N2CC(CC)N(C(=O)OCC)c3cc(C)c(C)cc32)no1. The average molecular weight is 399 g/mol. The molecule has 0 bridgehead atoms. The summed E-state index contributed by atoms with van der Waals surface area (Å²) in [7, 11) is 0. The minimum absolute atomic E-state index is 0.186. The Morgan fingerprint density at radius 3 is 2.45 bits per heavy atom. The zero-order valence-corrected chi connectivity index (χ0v) is 17.8. The molecule has 3 rings (SSSR count). The molecule has 156 valence electrons. The maximum absolute atomic E-state index is 13.3. The van der Waals surface area contributed by atoms with Gasteiger partial charge in [0.25, 0.3) is 5.91 Å². The van der Waals surface area contributed by atoms with E-state index in [0.717, 1.165) is 24.0 Å². The molecule has 7 nitrogen and oxygen atoms in total. The first-order chi connectivity index (χ1) is 13.9. The number of ether oxygens (including phenoxy) is 1. The molecule has 0 N–H and O–H groups in total. The number of hydrogen-bond donors (Lipinski definition) is 0. The number of carbonyl (C=O) groups is 2. The summed E-state index contributed by atoms with van der Waals surface area (Å²) in [5.74, 6) is 0.482. The Hall–Kier alpha value is -2.83.